The summed E-state index contributed by atoms with van der Waals surface area (Å²) in [5, 5.41) is 0.635. The fourth-order valence-corrected chi connectivity index (χ4v) is 3.62. The molecule has 1 aliphatic rings. The van der Waals surface area contributed by atoms with Crippen molar-refractivity contribution in [1.29, 1.82) is 0 Å². The Morgan fingerprint density at radius 2 is 1.89 bits per heavy atom. The molecule has 2 rings (SSSR count). The van der Waals surface area contributed by atoms with Crippen LogP contribution in [0.3, 0.4) is 0 Å². The number of rotatable bonds is 4. The van der Waals surface area contributed by atoms with Crippen molar-refractivity contribution in [3.63, 3.8) is 0 Å². The Bertz CT molecular complexity index is 717. The number of nitrogens with zero attached hydrogens (tertiary/aromatic N) is 1. The molecule has 1 amide bonds. The fourth-order valence-electron chi connectivity index (χ4n) is 3.17. The number of hydrogen-bond donors (Lipinski definition) is 0. The predicted molar refractivity (Wildman–Crippen MR) is 103 cm³/mol. The number of hydrogen-bond acceptors (Lipinski definition) is 5. The van der Waals surface area contributed by atoms with Gasteiger partial charge in [0.05, 0.1) is 29.8 Å². The molecule has 1 fully saturated rings. The molecule has 6 nitrogen and oxygen atoms in total. The molecular formula is C19H25Cl2NO5. The summed E-state index contributed by atoms with van der Waals surface area (Å²) in [4.78, 5) is 26.8. The summed E-state index contributed by atoms with van der Waals surface area (Å²) < 4.78 is 16.1. The van der Waals surface area contributed by atoms with E-state index in [9.17, 15) is 9.59 Å². The highest BCUT2D eigenvalue weighted by Crippen LogP contribution is 2.46. The van der Waals surface area contributed by atoms with Gasteiger partial charge >= 0.3 is 12.1 Å². The van der Waals surface area contributed by atoms with Crippen LogP contribution in [-0.4, -0.2) is 42.3 Å². The van der Waals surface area contributed by atoms with Crippen LogP contribution in [-0.2, 0) is 14.3 Å². The van der Waals surface area contributed by atoms with Crippen LogP contribution in [0.15, 0.2) is 12.1 Å². The lowest BCUT2D eigenvalue weighted by atomic mass is 10.0. The van der Waals surface area contributed by atoms with Gasteiger partial charge in [-0.3, -0.25) is 4.90 Å². The quantitative estimate of drug-likeness (QED) is 0.644. The minimum Gasteiger partial charge on any atom is -0.496 e. The van der Waals surface area contributed by atoms with E-state index < -0.39 is 29.7 Å². The molecule has 8 heteroatoms. The molecule has 150 valence electrons. The second-order valence-electron chi connectivity index (χ2n) is 7.23. The first kappa shape index (κ1) is 21.6. The Morgan fingerprint density at radius 1 is 1.22 bits per heavy atom. The molecule has 0 aromatic heterocycles. The Kier molecular flexibility index (Phi) is 6.87. The zero-order chi connectivity index (χ0) is 20.4. The summed E-state index contributed by atoms with van der Waals surface area (Å²) in [6, 6.07) is 2.04. The summed E-state index contributed by atoms with van der Waals surface area (Å²) in [7, 11) is 1.51. The van der Waals surface area contributed by atoms with Gasteiger partial charge in [-0.15, -0.1) is 0 Å². The van der Waals surface area contributed by atoms with Gasteiger partial charge in [-0.25, -0.2) is 9.59 Å². The Balaban J connectivity index is 2.50. The van der Waals surface area contributed by atoms with Gasteiger partial charge in [0, 0.05) is 5.56 Å². The summed E-state index contributed by atoms with van der Waals surface area (Å²) >= 11 is 12.6. The van der Waals surface area contributed by atoms with E-state index in [1.807, 2.05) is 0 Å². The molecule has 0 bridgehead atoms. The van der Waals surface area contributed by atoms with Crippen molar-refractivity contribution < 1.29 is 23.8 Å². The largest absolute Gasteiger partial charge is 0.496 e. The van der Waals surface area contributed by atoms with Gasteiger partial charge in [0.15, 0.2) is 0 Å². The SMILES string of the molecule is CCOC(=O)[C@@H]1CC[C@H](c2c(OC)ccc(Cl)c2Cl)N1C(=O)OC(C)(C)C. The lowest BCUT2D eigenvalue weighted by Crippen LogP contribution is -2.45. The molecule has 0 unspecified atom stereocenters. The molecule has 1 saturated heterocycles. The number of carbonyl (C=O) groups excluding carboxylic acids is 2. The van der Waals surface area contributed by atoms with Crippen LogP contribution in [0, 0.1) is 0 Å². The third-order valence-corrected chi connectivity index (χ3v) is 5.01. The van der Waals surface area contributed by atoms with Crippen LogP contribution >= 0.6 is 23.2 Å². The molecule has 1 heterocycles. The lowest BCUT2D eigenvalue weighted by molar-refractivity contribution is -0.148. The Labute approximate surface area is 169 Å². The molecule has 0 N–H and O–H groups in total. The summed E-state index contributed by atoms with van der Waals surface area (Å²) in [5.74, 6) is 0.0236. The van der Waals surface area contributed by atoms with Crippen molar-refractivity contribution in [3.05, 3.63) is 27.7 Å². The number of carbonyl (C=O) groups is 2. The zero-order valence-electron chi connectivity index (χ0n) is 16.2. The van der Waals surface area contributed by atoms with Crippen molar-refractivity contribution in [3.8, 4) is 5.75 Å². The van der Waals surface area contributed by atoms with E-state index in [0.717, 1.165) is 0 Å². The van der Waals surface area contributed by atoms with Gasteiger partial charge in [-0.1, -0.05) is 23.2 Å². The van der Waals surface area contributed by atoms with Gasteiger partial charge in [0.25, 0.3) is 0 Å². The number of methoxy groups -OCH3 is 1. The fraction of sp³-hybridized carbons (Fsp3) is 0.579. The second-order valence-corrected chi connectivity index (χ2v) is 8.01. The molecule has 1 aliphatic heterocycles. The third kappa shape index (κ3) is 4.79. The highest BCUT2D eigenvalue weighted by molar-refractivity contribution is 6.42. The molecule has 0 radical (unpaired) electrons. The minimum atomic E-state index is -0.760. The normalized spacial score (nSPS) is 19.7. The standard InChI is InChI=1S/C19H25Cl2NO5/c1-6-26-17(23)13-9-8-12(22(13)18(24)27-19(2,3)4)15-14(25-5)10-7-11(20)16(15)21/h7,10,12-13H,6,8-9H2,1-5H3/t12-,13+/m1/s1. The number of ether oxygens (including phenoxy) is 3. The first-order valence-corrected chi connectivity index (χ1v) is 9.56. The van der Waals surface area contributed by atoms with Crippen molar-refractivity contribution in [2.24, 2.45) is 0 Å². The van der Waals surface area contributed by atoms with Gasteiger partial charge < -0.3 is 14.2 Å². The number of likely N-dealkylation sites (tertiary alicyclic amines) is 1. The van der Waals surface area contributed by atoms with E-state index in [1.54, 1.807) is 39.8 Å². The molecule has 1 aromatic carbocycles. The van der Waals surface area contributed by atoms with Gasteiger partial charge in [0.2, 0.25) is 0 Å². The van der Waals surface area contributed by atoms with Crippen LogP contribution < -0.4 is 4.74 Å². The first-order valence-electron chi connectivity index (χ1n) is 8.80. The predicted octanol–water partition coefficient (Wildman–Crippen LogP) is 5.01. The Hall–Kier alpha value is -1.66. The Morgan fingerprint density at radius 3 is 2.44 bits per heavy atom. The number of benzene rings is 1. The second kappa shape index (κ2) is 8.57. The monoisotopic (exact) mass is 417 g/mol. The van der Waals surface area contributed by atoms with E-state index in [2.05, 4.69) is 0 Å². The van der Waals surface area contributed by atoms with E-state index in [1.165, 1.54) is 12.0 Å². The average Bonchev–Trinajstić information content (AvgIpc) is 3.00. The molecule has 0 aliphatic carbocycles. The lowest BCUT2D eigenvalue weighted by Gasteiger charge is -2.32. The highest BCUT2D eigenvalue weighted by Gasteiger charge is 2.46. The highest BCUT2D eigenvalue weighted by atomic mass is 35.5. The van der Waals surface area contributed by atoms with Gasteiger partial charge in [0.1, 0.15) is 17.4 Å². The maximum atomic E-state index is 12.9. The van der Waals surface area contributed by atoms with Crippen molar-refractivity contribution >= 4 is 35.3 Å². The average molecular weight is 418 g/mol. The molecular weight excluding hydrogens is 393 g/mol. The zero-order valence-corrected chi connectivity index (χ0v) is 17.7. The summed E-state index contributed by atoms with van der Waals surface area (Å²) in [6.07, 6.45) is 0.314. The smallest absolute Gasteiger partial charge is 0.411 e. The van der Waals surface area contributed by atoms with Crippen LogP contribution in [0.2, 0.25) is 10.0 Å². The molecule has 0 spiro atoms. The van der Waals surface area contributed by atoms with E-state index in [0.29, 0.717) is 34.2 Å². The van der Waals surface area contributed by atoms with E-state index in [-0.39, 0.29) is 6.61 Å². The van der Waals surface area contributed by atoms with Crippen LogP contribution in [0.25, 0.3) is 0 Å². The van der Waals surface area contributed by atoms with Crippen LogP contribution in [0.5, 0.6) is 5.75 Å². The summed E-state index contributed by atoms with van der Waals surface area (Å²) in [5.41, 5.74) is -0.157. The van der Waals surface area contributed by atoms with Crippen molar-refractivity contribution in [2.75, 3.05) is 13.7 Å². The van der Waals surface area contributed by atoms with E-state index in [4.69, 9.17) is 37.4 Å². The third-order valence-electron chi connectivity index (χ3n) is 4.19. The van der Waals surface area contributed by atoms with Gasteiger partial charge in [-0.2, -0.15) is 0 Å². The number of halogens is 2. The summed E-state index contributed by atoms with van der Waals surface area (Å²) in [6.45, 7) is 7.25. The molecule has 2 atom stereocenters. The van der Waals surface area contributed by atoms with E-state index >= 15 is 0 Å². The van der Waals surface area contributed by atoms with Crippen molar-refractivity contribution in [1.82, 2.24) is 4.90 Å². The maximum Gasteiger partial charge on any atom is 0.411 e. The number of amides is 1. The topological polar surface area (TPSA) is 65.1 Å². The van der Waals surface area contributed by atoms with Crippen LogP contribution in [0.1, 0.15) is 52.1 Å². The molecule has 27 heavy (non-hydrogen) atoms. The van der Waals surface area contributed by atoms with Crippen LogP contribution in [0.4, 0.5) is 4.79 Å². The number of esters is 1. The van der Waals surface area contributed by atoms with Crippen molar-refractivity contribution in [2.45, 2.75) is 58.2 Å². The first-order chi connectivity index (χ1) is 12.6. The van der Waals surface area contributed by atoms with Gasteiger partial charge in [-0.05, 0) is 52.7 Å². The molecule has 0 saturated carbocycles. The maximum absolute atomic E-state index is 12.9. The minimum absolute atomic E-state index is 0.226. The molecule has 1 aromatic rings.